The van der Waals surface area contributed by atoms with Crippen LogP contribution < -0.4 is 5.32 Å². The molecule has 0 radical (unpaired) electrons. The molecule has 2 nitrogen and oxygen atoms in total. The number of aliphatic hydroxyl groups is 1. The molecule has 0 aromatic carbocycles. The van der Waals surface area contributed by atoms with Gasteiger partial charge in [0.05, 0.1) is 5.60 Å². The van der Waals surface area contributed by atoms with Crippen LogP contribution >= 0.6 is 0 Å². The van der Waals surface area contributed by atoms with E-state index in [4.69, 9.17) is 0 Å². The maximum Gasteiger partial charge on any atom is 0.0771 e. The van der Waals surface area contributed by atoms with E-state index < -0.39 is 5.60 Å². The Kier molecular flexibility index (Phi) is 8.04. The molecule has 0 saturated heterocycles. The lowest BCUT2D eigenvalue weighted by atomic mass is 9.92. The van der Waals surface area contributed by atoms with E-state index >= 15 is 0 Å². The summed E-state index contributed by atoms with van der Waals surface area (Å²) in [5.41, 5.74) is -0.491. The van der Waals surface area contributed by atoms with Gasteiger partial charge in [0.2, 0.25) is 0 Å². The van der Waals surface area contributed by atoms with Gasteiger partial charge in [0.25, 0.3) is 0 Å². The highest BCUT2D eigenvalue weighted by atomic mass is 16.3. The van der Waals surface area contributed by atoms with Gasteiger partial charge in [-0.15, -0.1) is 0 Å². The van der Waals surface area contributed by atoms with Crippen molar-refractivity contribution in [1.29, 1.82) is 0 Å². The van der Waals surface area contributed by atoms with Crippen molar-refractivity contribution in [3.63, 3.8) is 0 Å². The van der Waals surface area contributed by atoms with Crippen molar-refractivity contribution in [2.75, 3.05) is 6.54 Å². The molecule has 0 aliphatic carbocycles. The fraction of sp³-hybridized carbons (Fsp3) is 1.00. The summed E-state index contributed by atoms with van der Waals surface area (Å²) < 4.78 is 0. The summed E-state index contributed by atoms with van der Waals surface area (Å²) in [6.07, 6.45) is 5.09. The van der Waals surface area contributed by atoms with Crippen molar-refractivity contribution in [2.24, 2.45) is 5.92 Å². The Hall–Kier alpha value is -0.0800. The van der Waals surface area contributed by atoms with Gasteiger partial charge in [0.1, 0.15) is 0 Å². The zero-order valence-electron chi connectivity index (χ0n) is 11.8. The van der Waals surface area contributed by atoms with Crippen molar-refractivity contribution >= 4 is 0 Å². The van der Waals surface area contributed by atoms with E-state index in [-0.39, 0.29) is 0 Å². The smallest absolute Gasteiger partial charge is 0.0771 e. The topological polar surface area (TPSA) is 32.3 Å². The molecule has 0 rings (SSSR count). The lowest BCUT2D eigenvalue weighted by Crippen LogP contribution is -2.44. The Morgan fingerprint density at radius 2 is 1.56 bits per heavy atom. The minimum absolute atomic E-state index is 0.491. The van der Waals surface area contributed by atoms with Crippen molar-refractivity contribution in [3.05, 3.63) is 0 Å². The fourth-order valence-corrected chi connectivity index (χ4v) is 2.39. The minimum atomic E-state index is -0.491. The standard InChI is InChI=1S/C14H31NO/c1-6-8-14(16,9-7-2)11-15-13(5)10-12(3)4/h12-13,15-16H,6-11H2,1-5H3. The SMILES string of the molecule is CCCC(O)(CCC)CNC(C)CC(C)C. The number of nitrogens with one attached hydrogen (secondary N) is 1. The summed E-state index contributed by atoms with van der Waals surface area (Å²) in [5.74, 6) is 0.716. The van der Waals surface area contributed by atoms with E-state index in [1.807, 2.05) is 0 Å². The van der Waals surface area contributed by atoms with Gasteiger partial charge in [-0.1, -0.05) is 40.5 Å². The summed E-state index contributed by atoms with van der Waals surface area (Å²) in [7, 11) is 0. The van der Waals surface area contributed by atoms with Crippen LogP contribution in [0.3, 0.4) is 0 Å². The van der Waals surface area contributed by atoms with Crippen LogP contribution in [-0.2, 0) is 0 Å². The molecular weight excluding hydrogens is 198 g/mol. The molecule has 0 heterocycles. The minimum Gasteiger partial charge on any atom is -0.389 e. The second-order valence-electron chi connectivity index (χ2n) is 5.64. The van der Waals surface area contributed by atoms with Gasteiger partial charge in [-0.3, -0.25) is 0 Å². The first-order chi connectivity index (χ1) is 7.43. The second-order valence-corrected chi connectivity index (χ2v) is 5.64. The average molecular weight is 229 g/mol. The van der Waals surface area contributed by atoms with Gasteiger partial charge < -0.3 is 10.4 Å². The molecule has 98 valence electrons. The van der Waals surface area contributed by atoms with Crippen molar-refractivity contribution in [1.82, 2.24) is 5.32 Å². The van der Waals surface area contributed by atoms with E-state index in [0.29, 0.717) is 12.0 Å². The molecule has 0 fully saturated rings. The first-order valence-electron chi connectivity index (χ1n) is 6.89. The lowest BCUT2D eigenvalue weighted by Gasteiger charge is -2.30. The van der Waals surface area contributed by atoms with Crippen LogP contribution in [0.15, 0.2) is 0 Å². The predicted molar refractivity (Wildman–Crippen MR) is 71.7 cm³/mol. The second kappa shape index (κ2) is 8.08. The Morgan fingerprint density at radius 1 is 1.06 bits per heavy atom. The van der Waals surface area contributed by atoms with Crippen LogP contribution in [-0.4, -0.2) is 23.3 Å². The zero-order chi connectivity index (χ0) is 12.6. The molecule has 0 aromatic heterocycles. The Labute approximate surface area is 102 Å². The molecule has 16 heavy (non-hydrogen) atoms. The van der Waals surface area contributed by atoms with Gasteiger partial charge in [0, 0.05) is 12.6 Å². The molecule has 2 N–H and O–H groups in total. The van der Waals surface area contributed by atoms with Crippen LogP contribution in [0.1, 0.15) is 66.7 Å². The molecule has 0 bridgehead atoms. The average Bonchev–Trinajstić information content (AvgIpc) is 2.15. The molecular formula is C14H31NO. The lowest BCUT2D eigenvalue weighted by molar-refractivity contribution is 0.0191. The van der Waals surface area contributed by atoms with E-state index in [1.165, 1.54) is 6.42 Å². The highest BCUT2D eigenvalue weighted by molar-refractivity contribution is 4.81. The van der Waals surface area contributed by atoms with Crippen LogP contribution in [0.4, 0.5) is 0 Å². The highest BCUT2D eigenvalue weighted by Crippen LogP contribution is 2.19. The molecule has 0 amide bonds. The van der Waals surface area contributed by atoms with Crippen LogP contribution in [0.2, 0.25) is 0 Å². The van der Waals surface area contributed by atoms with Gasteiger partial charge in [-0.05, 0) is 32.1 Å². The van der Waals surface area contributed by atoms with E-state index in [2.05, 4.69) is 39.9 Å². The Morgan fingerprint density at radius 3 is 1.94 bits per heavy atom. The molecule has 1 atom stereocenters. The Balaban J connectivity index is 4.00. The summed E-state index contributed by atoms with van der Waals surface area (Å²) in [6.45, 7) is 11.7. The summed E-state index contributed by atoms with van der Waals surface area (Å²) >= 11 is 0. The first kappa shape index (κ1) is 15.9. The van der Waals surface area contributed by atoms with Gasteiger partial charge >= 0.3 is 0 Å². The first-order valence-corrected chi connectivity index (χ1v) is 6.89. The third kappa shape index (κ3) is 7.24. The van der Waals surface area contributed by atoms with Crippen molar-refractivity contribution < 1.29 is 5.11 Å². The fourth-order valence-electron chi connectivity index (χ4n) is 2.39. The van der Waals surface area contributed by atoms with Gasteiger partial charge in [-0.25, -0.2) is 0 Å². The summed E-state index contributed by atoms with van der Waals surface area (Å²) in [5, 5.41) is 13.9. The summed E-state index contributed by atoms with van der Waals surface area (Å²) in [4.78, 5) is 0. The van der Waals surface area contributed by atoms with Crippen molar-refractivity contribution in [2.45, 2.75) is 78.4 Å². The normalized spacial score (nSPS) is 14.4. The largest absolute Gasteiger partial charge is 0.389 e. The molecule has 0 aromatic rings. The van der Waals surface area contributed by atoms with Gasteiger partial charge in [-0.2, -0.15) is 0 Å². The Bertz CT molecular complexity index is 162. The third-order valence-corrected chi connectivity index (χ3v) is 3.04. The van der Waals surface area contributed by atoms with Crippen LogP contribution in [0.5, 0.6) is 0 Å². The van der Waals surface area contributed by atoms with Gasteiger partial charge in [0.15, 0.2) is 0 Å². The van der Waals surface area contributed by atoms with E-state index in [1.54, 1.807) is 0 Å². The molecule has 1 unspecified atom stereocenters. The van der Waals surface area contributed by atoms with Crippen molar-refractivity contribution in [3.8, 4) is 0 Å². The molecule has 0 saturated carbocycles. The summed E-state index contributed by atoms with van der Waals surface area (Å²) in [6, 6.07) is 0.500. The van der Waals surface area contributed by atoms with Crippen LogP contribution in [0, 0.1) is 5.92 Å². The maximum absolute atomic E-state index is 10.4. The number of rotatable bonds is 9. The third-order valence-electron chi connectivity index (χ3n) is 3.04. The number of hydrogen-bond acceptors (Lipinski definition) is 2. The van der Waals surface area contributed by atoms with E-state index in [9.17, 15) is 5.11 Å². The molecule has 2 heteroatoms. The predicted octanol–water partition coefficient (Wildman–Crippen LogP) is 3.34. The zero-order valence-corrected chi connectivity index (χ0v) is 11.8. The van der Waals surface area contributed by atoms with E-state index in [0.717, 1.165) is 32.2 Å². The van der Waals surface area contributed by atoms with Crippen LogP contribution in [0.25, 0.3) is 0 Å². The monoisotopic (exact) mass is 229 g/mol. The maximum atomic E-state index is 10.4. The number of hydrogen-bond donors (Lipinski definition) is 2. The molecule has 0 aliphatic rings. The molecule has 0 spiro atoms. The highest BCUT2D eigenvalue weighted by Gasteiger charge is 2.24. The quantitative estimate of drug-likeness (QED) is 0.635. The molecule has 0 aliphatic heterocycles.